The lowest BCUT2D eigenvalue weighted by Gasteiger charge is -2.03. The molecule has 2 N–H and O–H groups in total. The van der Waals surface area contributed by atoms with Crippen LogP contribution in [0.3, 0.4) is 0 Å². The van der Waals surface area contributed by atoms with Crippen LogP contribution in [0.25, 0.3) is 0 Å². The number of halogens is 1. The molecule has 3 heteroatoms. The number of aliphatic hydroxyl groups is 2. The second kappa shape index (κ2) is 3.46. The predicted octanol–water partition coefficient (Wildman–Crippen LogP) is 0.679. The van der Waals surface area contributed by atoms with Crippen molar-refractivity contribution in [2.75, 3.05) is 0 Å². The van der Waals surface area contributed by atoms with E-state index in [2.05, 4.69) is 0 Å². The molecule has 1 rings (SSSR count). The molecule has 0 unspecified atom stereocenters. The standard InChI is InChI=1S/C8H9FO2/c9-7-4-2-1-3-6(7)5-8(10)11/h1-4,8,10-11H,5H2. The van der Waals surface area contributed by atoms with Crippen molar-refractivity contribution in [2.24, 2.45) is 0 Å². The van der Waals surface area contributed by atoms with Gasteiger partial charge in [-0.25, -0.2) is 4.39 Å². The number of hydrogen-bond donors (Lipinski definition) is 2. The van der Waals surface area contributed by atoms with Crippen LogP contribution in [0.5, 0.6) is 0 Å². The monoisotopic (exact) mass is 156 g/mol. The first-order valence-electron chi connectivity index (χ1n) is 3.29. The van der Waals surface area contributed by atoms with Crippen LogP contribution in [0.4, 0.5) is 4.39 Å². The summed E-state index contributed by atoms with van der Waals surface area (Å²) >= 11 is 0. The fourth-order valence-corrected chi connectivity index (χ4v) is 0.861. The molecule has 0 aromatic heterocycles. The van der Waals surface area contributed by atoms with Crippen molar-refractivity contribution < 1.29 is 14.6 Å². The van der Waals surface area contributed by atoms with Crippen LogP contribution in [0.2, 0.25) is 0 Å². The molecule has 0 atom stereocenters. The minimum absolute atomic E-state index is 0.0628. The van der Waals surface area contributed by atoms with Gasteiger partial charge in [-0.15, -0.1) is 0 Å². The van der Waals surface area contributed by atoms with E-state index in [1.807, 2.05) is 0 Å². The Bertz CT molecular complexity index is 235. The van der Waals surface area contributed by atoms with Gasteiger partial charge in [-0.1, -0.05) is 18.2 Å². The van der Waals surface area contributed by atoms with Gasteiger partial charge < -0.3 is 10.2 Å². The Labute approximate surface area is 63.9 Å². The van der Waals surface area contributed by atoms with Crippen molar-refractivity contribution in [1.82, 2.24) is 0 Å². The highest BCUT2D eigenvalue weighted by Gasteiger charge is 2.04. The van der Waals surface area contributed by atoms with Crippen molar-refractivity contribution in [3.8, 4) is 0 Å². The van der Waals surface area contributed by atoms with Crippen molar-refractivity contribution in [1.29, 1.82) is 0 Å². The van der Waals surface area contributed by atoms with E-state index in [9.17, 15) is 4.39 Å². The molecule has 1 aromatic rings. The summed E-state index contributed by atoms with van der Waals surface area (Å²) in [6, 6.07) is 6.02. The summed E-state index contributed by atoms with van der Waals surface area (Å²) in [6.07, 6.45) is -1.54. The van der Waals surface area contributed by atoms with Crippen molar-refractivity contribution >= 4 is 0 Å². The summed E-state index contributed by atoms with van der Waals surface area (Å²) < 4.78 is 12.7. The van der Waals surface area contributed by atoms with Crippen molar-refractivity contribution in [3.63, 3.8) is 0 Å². The molecular weight excluding hydrogens is 147 g/mol. The molecule has 2 nitrogen and oxygen atoms in total. The Morgan fingerprint density at radius 3 is 2.45 bits per heavy atom. The molecule has 1 aromatic carbocycles. The van der Waals surface area contributed by atoms with Crippen molar-refractivity contribution in [3.05, 3.63) is 35.6 Å². The Balaban J connectivity index is 2.78. The number of aliphatic hydroxyl groups excluding tert-OH is 1. The van der Waals surface area contributed by atoms with Gasteiger partial charge in [0, 0.05) is 6.42 Å². The summed E-state index contributed by atoms with van der Waals surface area (Å²) in [5.74, 6) is -0.402. The van der Waals surface area contributed by atoms with Gasteiger partial charge in [0.1, 0.15) is 5.82 Å². The second-order valence-corrected chi connectivity index (χ2v) is 2.28. The van der Waals surface area contributed by atoms with Crippen LogP contribution >= 0.6 is 0 Å². The van der Waals surface area contributed by atoms with E-state index in [1.54, 1.807) is 12.1 Å². The summed E-state index contributed by atoms with van der Waals surface area (Å²) in [6.45, 7) is 0. The number of rotatable bonds is 2. The lowest BCUT2D eigenvalue weighted by Crippen LogP contribution is -2.09. The molecule has 0 saturated heterocycles. The molecule has 0 amide bonds. The molecule has 0 aliphatic rings. The summed E-state index contributed by atoms with van der Waals surface area (Å²) in [4.78, 5) is 0. The maximum atomic E-state index is 12.7. The Hall–Kier alpha value is -0.930. The summed E-state index contributed by atoms with van der Waals surface area (Å²) in [5, 5.41) is 17.0. The van der Waals surface area contributed by atoms with E-state index >= 15 is 0 Å². The molecule has 11 heavy (non-hydrogen) atoms. The fourth-order valence-electron chi connectivity index (χ4n) is 0.861. The van der Waals surface area contributed by atoms with Gasteiger partial charge in [-0.3, -0.25) is 0 Å². The maximum absolute atomic E-state index is 12.7. The normalized spacial score (nSPS) is 10.5. The van der Waals surface area contributed by atoms with Crippen LogP contribution < -0.4 is 0 Å². The van der Waals surface area contributed by atoms with E-state index in [0.29, 0.717) is 5.56 Å². The molecule has 0 bridgehead atoms. The van der Waals surface area contributed by atoms with Crippen LogP contribution in [0.15, 0.2) is 24.3 Å². The van der Waals surface area contributed by atoms with E-state index in [1.165, 1.54) is 12.1 Å². The average Bonchev–Trinajstić information content (AvgIpc) is 1.93. The van der Waals surface area contributed by atoms with Gasteiger partial charge in [0.05, 0.1) is 0 Å². The zero-order valence-electron chi connectivity index (χ0n) is 5.87. The third-order valence-electron chi connectivity index (χ3n) is 1.36. The number of hydrogen-bond acceptors (Lipinski definition) is 2. The fraction of sp³-hybridized carbons (Fsp3) is 0.250. The molecule has 0 saturated carbocycles. The smallest absolute Gasteiger partial charge is 0.155 e. The molecule has 0 heterocycles. The SMILES string of the molecule is OC(O)Cc1ccccc1F. The zero-order chi connectivity index (χ0) is 8.27. The topological polar surface area (TPSA) is 40.5 Å². The quantitative estimate of drug-likeness (QED) is 0.618. The lowest BCUT2D eigenvalue weighted by molar-refractivity contribution is -0.0386. The molecule has 0 aliphatic carbocycles. The highest BCUT2D eigenvalue weighted by atomic mass is 19.1. The highest BCUT2D eigenvalue weighted by molar-refractivity contribution is 5.17. The summed E-state index contributed by atoms with van der Waals surface area (Å²) in [7, 11) is 0. The Morgan fingerprint density at radius 1 is 1.27 bits per heavy atom. The van der Waals surface area contributed by atoms with Crippen LogP contribution in [0, 0.1) is 5.82 Å². The van der Waals surface area contributed by atoms with E-state index in [4.69, 9.17) is 10.2 Å². The van der Waals surface area contributed by atoms with Gasteiger partial charge in [0.2, 0.25) is 0 Å². The first-order valence-corrected chi connectivity index (χ1v) is 3.29. The number of benzene rings is 1. The van der Waals surface area contributed by atoms with E-state index in [0.717, 1.165) is 0 Å². The van der Waals surface area contributed by atoms with Crippen LogP contribution in [-0.2, 0) is 6.42 Å². The average molecular weight is 156 g/mol. The minimum Gasteiger partial charge on any atom is -0.368 e. The van der Waals surface area contributed by atoms with Gasteiger partial charge in [0.15, 0.2) is 6.29 Å². The van der Waals surface area contributed by atoms with E-state index < -0.39 is 12.1 Å². The second-order valence-electron chi connectivity index (χ2n) is 2.28. The zero-order valence-corrected chi connectivity index (χ0v) is 5.87. The van der Waals surface area contributed by atoms with Gasteiger partial charge in [0.25, 0.3) is 0 Å². The highest BCUT2D eigenvalue weighted by Crippen LogP contribution is 2.07. The van der Waals surface area contributed by atoms with Gasteiger partial charge in [-0.05, 0) is 11.6 Å². The Morgan fingerprint density at radius 2 is 1.91 bits per heavy atom. The van der Waals surface area contributed by atoms with Gasteiger partial charge in [-0.2, -0.15) is 0 Å². The lowest BCUT2D eigenvalue weighted by atomic mass is 10.1. The third kappa shape index (κ3) is 2.29. The molecule has 0 fully saturated rings. The van der Waals surface area contributed by atoms with E-state index in [-0.39, 0.29) is 6.42 Å². The minimum atomic E-state index is -1.48. The molecular formula is C8H9FO2. The first-order chi connectivity index (χ1) is 5.20. The third-order valence-corrected chi connectivity index (χ3v) is 1.36. The van der Waals surface area contributed by atoms with Gasteiger partial charge >= 0.3 is 0 Å². The molecule has 0 spiro atoms. The Kier molecular flexibility index (Phi) is 2.57. The molecule has 0 aliphatic heterocycles. The predicted molar refractivity (Wildman–Crippen MR) is 38.3 cm³/mol. The maximum Gasteiger partial charge on any atom is 0.155 e. The first kappa shape index (κ1) is 8.17. The molecule has 0 radical (unpaired) electrons. The summed E-state index contributed by atoms with van der Waals surface area (Å²) in [5.41, 5.74) is 0.322. The van der Waals surface area contributed by atoms with Crippen LogP contribution in [-0.4, -0.2) is 16.5 Å². The van der Waals surface area contributed by atoms with Crippen LogP contribution in [0.1, 0.15) is 5.56 Å². The molecule has 60 valence electrons. The largest absolute Gasteiger partial charge is 0.368 e. The van der Waals surface area contributed by atoms with Crippen molar-refractivity contribution in [2.45, 2.75) is 12.7 Å².